The van der Waals surface area contributed by atoms with Crippen molar-refractivity contribution in [3.63, 3.8) is 0 Å². The summed E-state index contributed by atoms with van der Waals surface area (Å²) in [7, 11) is 0. The van der Waals surface area contributed by atoms with Gasteiger partial charge in [-0.2, -0.15) is 0 Å². The average molecular weight is 354 g/mol. The summed E-state index contributed by atoms with van der Waals surface area (Å²) >= 11 is 5.97. The molecule has 1 saturated heterocycles. The highest BCUT2D eigenvalue weighted by atomic mass is 35.5. The Bertz CT molecular complexity index is 922. The maximum atomic E-state index is 12.5. The molecule has 1 amide bonds. The van der Waals surface area contributed by atoms with E-state index in [4.69, 9.17) is 16.3 Å². The topological polar surface area (TPSA) is 64.1 Å². The summed E-state index contributed by atoms with van der Waals surface area (Å²) in [5.41, 5.74) is 2.96. The molecule has 1 aliphatic heterocycles. The number of hydrogen-bond acceptors (Lipinski definition) is 4. The Morgan fingerprint density at radius 2 is 2.00 bits per heavy atom. The quantitative estimate of drug-likeness (QED) is 0.783. The smallest absolute Gasteiger partial charge is 0.270 e. The van der Waals surface area contributed by atoms with Crippen LogP contribution >= 0.6 is 11.6 Å². The van der Waals surface area contributed by atoms with E-state index in [-0.39, 0.29) is 11.9 Å². The number of carbonyl (C=O) groups is 1. The van der Waals surface area contributed by atoms with Crippen molar-refractivity contribution >= 4 is 28.4 Å². The van der Waals surface area contributed by atoms with Gasteiger partial charge in [-0.3, -0.25) is 9.78 Å². The largest absolute Gasteiger partial charge is 0.379 e. The van der Waals surface area contributed by atoms with Crippen molar-refractivity contribution < 1.29 is 9.53 Å². The summed E-state index contributed by atoms with van der Waals surface area (Å²) in [6, 6.07) is 11.1. The standard InChI is InChI=1S/C19H16ClN3O2/c20-14-4-1-12(2-5-14)16-10-21-9-13-3-6-17(23-18(13)16)19(24)22-15-7-8-25-11-15/h1-6,9-10,15H,7-8,11H2,(H,22,24). The van der Waals surface area contributed by atoms with Gasteiger partial charge < -0.3 is 10.1 Å². The van der Waals surface area contributed by atoms with Crippen LogP contribution in [0.5, 0.6) is 0 Å². The maximum absolute atomic E-state index is 12.5. The zero-order chi connectivity index (χ0) is 17.2. The van der Waals surface area contributed by atoms with Crippen molar-refractivity contribution in [2.24, 2.45) is 0 Å². The van der Waals surface area contributed by atoms with Crippen LogP contribution in [0, 0.1) is 0 Å². The molecule has 1 fully saturated rings. The average Bonchev–Trinajstić information content (AvgIpc) is 3.14. The predicted octanol–water partition coefficient (Wildman–Crippen LogP) is 3.47. The number of aromatic nitrogens is 2. The van der Waals surface area contributed by atoms with Gasteiger partial charge in [0.2, 0.25) is 0 Å². The first-order valence-corrected chi connectivity index (χ1v) is 8.48. The molecular weight excluding hydrogens is 338 g/mol. The molecule has 1 aliphatic rings. The third-order valence-electron chi connectivity index (χ3n) is 4.25. The van der Waals surface area contributed by atoms with E-state index in [0.717, 1.165) is 28.5 Å². The Hall–Kier alpha value is -2.50. The normalized spacial score (nSPS) is 16.9. The highest BCUT2D eigenvalue weighted by Crippen LogP contribution is 2.27. The van der Waals surface area contributed by atoms with Gasteiger partial charge in [-0.15, -0.1) is 0 Å². The van der Waals surface area contributed by atoms with Crippen LogP contribution in [-0.2, 0) is 4.74 Å². The van der Waals surface area contributed by atoms with Crippen molar-refractivity contribution in [3.05, 3.63) is 59.5 Å². The van der Waals surface area contributed by atoms with Gasteiger partial charge >= 0.3 is 0 Å². The van der Waals surface area contributed by atoms with Crippen molar-refractivity contribution in [2.75, 3.05) is 13.2 Å². The minimum atomic E-state index is -0.184. The molecular formula is C19H16ClN3O2. The summed E-state index contributed by atoms with van der Waals surface area (Å²) in [6.07, 6.45) is 4.33. The van der Waals surface area contributed by atoms with E-state index in [2.05, 4.69) is 15.3 Å². The first-order valence-electron chi connectivity index (χ1n) is 8.10. The number of hydrogen-bond donors (Lipinski definition) is 1. The van der Waals surface area contributed by atoms with E-state index in [0.29, 0.717) is 23.9 Å². The lowest BCUT2D eigenvalue weighted by Crippen LogP contribution is -2.35. The number of pyridine rings is 2. The number of benzene rings is 1. The zero-order valence-electron chi connectivity index (χ0n) is 13.4. The lowest BCUT2D eigenvalue weighted by molar-refractivity contribution is 0.0925. The van der Waals surface area contributed by atoms with Crippen LogP contribution in [0.15, 0.2) is 48.8 Å². The van der Waals surface area contributed by atoms with Gasteiger partial charge in [0.15, 0.2) is 0 Å². The van der Waals surface area contributed by atoms with E-state index in [1.54, 1.807) is 18.5 Å². The summed E-state index contributed by atoms with van der Waals surface area (Å²) < 4.78 is 5.30. The molecule has 126 valence electrons. The molecule has 0 saturated carbocycles. The van der Waals surface area contributed by atoms with E-state index in [9.17, 15) is 4.79 Å². The van der Waals surface area contributed by atoms with Crippen LogP contribution < -0.4 is 5.32 Å². The molecule has 1 aromatic carbocycles. The molecule has 0 aliphatic carbocycles. The molecule has 0 bridgehead atoms. The number of fused-ring (bicyclic) bond motifs is 1. The summed E-state index contributed by atoms with van der Waals surface area (Å²) in [4.78, 5) is 21.3. The molecule has 6 heteroatoms. The number of nitrogens with zero attached hydrogens (tertiary/aromatic N) is 2. The molecule has 0 spiro atoms. The van der Waals surface area contributed by atoms with Gasteiger partial charge in [0.05, 0.1) is 18.2 Å². The summed E-state index contributed by atoms with van der Waals surface area (Å²) in [5, 5.41) is 4.52. The Balaban J connectivity index is 1.72. The molecule has 25 heavy (non-hydrogen) atoms. The van der Waals surface area contributed by atoms with Crippen molar-refractivity contribution in [1.29, 1.82) is 0 Å². The van der Waals surface area contributed by atoms with Gasteiger partial charge in [-0.1, -0.05) is 23.7 Å². The Kier molecular flexibility index (Phi) is 4.34. The van der Waals surface area contributed by atoms with E-state index < -0.39 is 0 Å². The molecule has 5 nitrogen and oxygen atoms in total. The van der Waals surface area contributed by atoms with E-state index in [1.807, 2.05) is 30.3 Å². The molecule has 2 aromatic heterocycles. The monoisotopic (exact) mass is 353 g/mol. The fraction of sp³-hybridized carbons (Fsp3) is 0.211. The molecule has 0 radical (unpaired) electrons. The van der Waals surface area contributed by atoms with Crippen molar-refractivity contribution in [1.82, 2.24) is 15.3 Å². The SMILES string of the molecule is O=C(NC1CCOC1)c1ccc2cncc(-c3ccc(Cl)cc3)c2n1. The van der Waals surface area contributed by atoms with Gasteiger partial charge in [0.1, 0.15) is 5.69 Å². The molecule has 3 aromatic rings. The van der Waals surface area contributed by atoms with Gasteiger partial charge in [0.25, 0.3) is 5.91 Å². The first-order chi connectivity index (χ1) is 12.2. The molecule has 1 N–H and O–H groups in total. The summed E-state index contributed by atoms with van der Waals surface area (Å²) in [6.45, 7) is 1.24. The molecule has 4 rings (SSSR count). The first kappa shape index (κ1) is 16.0. The third kappa shape index (κ3) is 3.34. The van der Waals surface area contributed by atoms with Crippen LogP contribution in [0.3, 0.4) is 0 Å². The fourth-order valence-corrected chi connectivity index (χ4v) is 3.04. The molecule has 1 unspecified atom stereocenters. The number of halogens is 1. The predicted molar refractivity (Wildman–Crippen MR) is 96.7 cm³/mol. The fourth-order valence-electron chi connectivity index (χ4n) is 2.92. The van der Waals surface area contributed by atoms with Gasteiger partial charge in [-0.25, -0.2) is 4.98 Å². The highest BCUT2D eigenvalue weighted by molar-refractivity contribution is 6.30. The zero-order valence-corrected chi connectivity index (χ0v) is 14.2. The summed E-state index contributed by atoms with van der Waals surface area (Å²) in [5.74, 6) is -0.184. The van der Waals surface area contributed by atoms with Gasteiger partial charge in [0, 0.05) is 35.0 Å². The van der Waals surface area contributed by atoms with Crippen LogP contribution in [0.4, 0.5) is 0 Å². The van der Waals surface area contributed by atoms with Crippen LogP contribution in [0.1, 0.15) is 16.9 Å². The third-order valence-corrected chi connectivity index (χ3v) is 4.50. The van der Waals surface area contributed by atoms with Crippen LogP contribution in [0.2, 0.25) is 5.02 Å². The lowest BCUT2D eigenvalue weighted by Gasteiger charge is -2.11. The van der Waals surface area contributed by atoms with Gasteiger partial charge in [-0.05, 0) is 36.2 Å². The van der Waals surface area contributed by atoms with Crippen LogP contribution in [-0.4, -0.2) is 35.1 Å². The van der Waals surface area contributed by atoms with Crippen molar-refractivity contribution in [3.8, 4) is 11.1 Å². The number of carbonyl (C=O) groups excluding carboxylic acids is 1. The minimum Gasteiger partial charge on any atom is -0.379 e. The Morgan fingerprint density at radius 1 is 1.16 bits per heavy atom. The number of amides is 1. The minimum absolute atomic E-state index is 0.0539. The molecule has 1 atom stereocenters. The second kappa shape index (κ2) is 6.78. The highest BCUT2D eigenvalue weighted by Gasteiger charge is 2.19. The van der Waals surface area contributed by atoms with E-state index in [1.165, 1.54) is 0 Å². The number of rotatable bonds is 3. The lowest BCUT2D eigenvalue weighted by atomic mass is 10.0. The second-order valence-electron chi connectivity index (χ2n) is 6.00. The molecule has 3 heterocycles. The Labute approximate surface area is 150 Å². The number of nitrogens with one attached hydrogen (secondary N) is 1. The van der Waals surface area contributed by atoms with Crippen LogP contribution in [0.25, 0.3) is 22.0 Å². The Morgan fingerprint density at radius 3 is 2.76 bits per heavy atom. The maximum Gasteiger partial charge on any atom is 0.270 e. The van der Waals surface area contributed by atoms with Crippen molar-refractivity contribution in [2.45, 2.75) is 12.5 Å². The second-order valence-corrected chi connectivity index (χ2v) is 6.43. The van der Waals surface area contributed by atoms with E-state index >= 15 is 0 Å². The number of ether oxygens (including phenoxy) is 1.